The summed E-state index contributed by atoms with van der Waals surface area (Å²) in [5.74, 6) is 0.254. The molecule has 0 radical (unpaired) electrons. The van der Waals surface area contributed by atoms with E-state index in [-0.39, 0.29) is 28.4 Å². The summed E-state index contributed by atoms with van der Waals surface area (Å²) >= 11 is 0. The Morgan fingerprint density at radius 1 is 1.05 bits per heavy atom. The van der Waals surface area contributed by atoms with Crippen LogP contribution < -0.4 is 0 Å². The van der Waals surface area contributed by atoms with Crippen LogP contribution in [0.5, 0.6) is 0 Å². The minimum absolute atomic E-state index is 0.0377. The minimum Gasteiger partial charge on any atom is -0.337 e. The van der Waals surface area contributed by atoms with Crippen molar-refractivity contribution >= 4 is 5.91 Å². The normalized spacial score (nSPS) is 23.3. The fraction of sp³-hybridized carbons (Fsp3) is 0.947. The highest BCUT2D eigenvalue weighted by molar-refractivity contribution is 5.87. The van der Waals surface area contributed by atoms with E-state index in [1.165, 1.54) is 0 Å². The number of carbonyl (C=O) groups excluding carboxylic acids is 1. The molecule has 1 aliphatic heterocycles. The number of amides is 1. The third kappa shape index (κ3) is 3.67. The molecule has 1 aliphatic rings. The van der Waals surface area contributed by atoms with Crippen molar-refractivity contribution in [1.82, 2.24) is 9.80 Å². The Hall–Kier alpha value is -0.570. The maximum absolute atomic E-state index is 13.1. The zero-order valence-electron chi connectivity index (χ0n) is 16.8. The second-order valence-corrected chi connectivity index (χ2v) is 10.3. The Morgan fingerprint density at radius 2 is 1.50 bits per heavy atom. The van der Waals surface area contributed by atoms with Crippen molar-refractivity contribution in [1.29, 1.82) is 0 Å². The monoisotopic (exact) mass is 310 g/mol. The molecule has 0 atom stereocenters. The van der Waals surface area contributed by atoms with E-state index in [9.17, 15) is 4.79 Å². The average molecular weight is 311 g/mol. The first-order chi connectivity index (χ1) is 9.52. The predicted molar refractivity (Wildman–Crippen MR) is 95.0 cm³/mol. The molecular formula is C19H38N2O. The van der Waals surface area contributed by atoms with E-state index >= 15 is 0 Å². The van der Waals surface area contributed by atoms with Gasteiger partial charge < -0.3 is 4.90 Å². The Kier molecular flexibility index (Phi) is 4.87. The molecule has 1 heterocycles. The second-order valence-electron chi connectivity index (χ2n) is 10.3. The van der Waals surface area contributed by atoms with Crippen LogP contribution in [0.1, 0.15) is 82.6 Å². The molecule has 3 nitrogen and oxygen atoms in total. The van der Waals surface area contributed by atoms with E-state index in [0.717, 1.165) is 13.0 Å². The lowest BCUT2D eigenvalue weighted by atomic mass is 9.74. The van der Waals surface area contributed by atoms with E-state index in [1.54, 1.807) is 0 Å². The summed E-state index contributed by atoms with van der Waals surface area (Å²) < 4.78 is 0. The van der Waals surface area contributed by atoms with Gasteiger partial charge in [-0.3, -0.25) is 9.69 Å². The molecule has 0 N–H and O–H groups in total. The van der Waals surface area contributed by atoms with E-state index in [4.69, 9.17) is 0 Å². The standard InChI is InChI=1S/C19H38N2O/c1-14(2)20-13-18(8,9)21(19(10,11)15(20)22)17(6,7)12-16(3,4)5/h14H,12-13H2,1-11H3. The van der Waals surface area contributed by atoms with Crippen LogP contribution in [0.15, 0.2) is 0 Å². The summed E-state index contributed by atoms with van der Waals surface area (Å²) in [5, 5.41) is 0. The highest BCUT2D eigenvalue weighted by Crippen LogP contribution is 2.43. The van der Waals surface area contributed by atoms with Crippen LogP contribution in [0.4, 0.5) is 0 Å². The third-order valence-corrected chi connectivity index (χ3v) is 4.70. The first-order valence-corrected chi connectivity index (χ1v) is 8.64. The van der Waals surface area contributed by atoms with Crippen molar-refractivity contribution in [2.24, 2.45) is 5.41 Å². The Morgan fingerprint density at radius 3 is 1.86 bits per heavy atom. The van der Waals surface area contributed by atoms with Crippen molar-refractivity contribution in [2.45, 2.75) is 105 Å². The average Bonchev–Trinajstić information content (AvgIpc) is 2.17. The molecule has 1 fully saturated rings. The number of carbonyl (C=O) groups is 1. The molecule has 0 bridgehead atoms. The number of piperazine rings is 1. The van der Waals surface area contributed by atoms with Crippen LogP contribution in [-0.4, -0.2) is 44.9 Å². The lowest BCUT2D eigenvalue weighted by Gasteiger charge is -2.62. The van der Waals surface area contributed by atoms with Crippen LogP contribution in [0.25, 0.3) is 0 Å². The molecule has 0 unspecified atom stereocenters. The van der Waals surface area contributed by atoms with Gasteiger partial charge in [-0.15, -0.1) is 0 Å². The fourth-order valence-electron chi connectivity index (χ4n) is 5.13. The van der Waals surface area contributed by atoms with Crippen molar-refractivity contribution in [3.8, 4) is 0 Å². The maximum Gasteiger partial charge on any atom is 0.242 e. The molecule has 0 spiro atoms. The zero-order chi connectivity index (χ0) is 17.7. The molecule has 0 saturated carbocycles. The lowest BCUT2D eigenvalue weighted by molar-refractivity contribution is -0.177. The minimum atomic E-state index is -0.485. The lowest BCUT2D eigenvalue weighted by Crippen LogP contribution is -2.76. The Bertz CT molecular complexity index is 427. The van der Waals surface area contributed by atoms with Gasteiger partial charge >= 0.3 is 0 Å². The molecule has 1 amide bonds. The summed E-state index contributed by atoms with van der Waals surface area (Å²) in [5.41, 5.74) is -0.338. The van der Waals surface area contributed by atoms with Crippen LogP contribution in [0.3, 0.4) is 0 Å². The molecule has 1 saturated heterocycles. The van der Waals surface area contributed by atoms with Gasteiger partial charge in [-0.05, 0) is 67.2 Å². The summed E-state index contributed by atoms with van der Waals surface area (Å²) in [6, 6.07) is 0.249. The number of hydrogen-bond acceptors (Lipinski definition) is 2. The van der Waals surface area contributed by atoms with E-state index in [0.29, 0.717) is 0 Å². The summed E-state index contributed by atoms with van der Waals surface area (Å²) in [7, 11) is 0. The van der Waals surface area contributed by atoms with Gasteiger partial charge in [0, 0.05) is 23.7 Å². The topological polar surface area (TPSA) is 23.6 Å². The van der Waals surface area contributed by atoms with Crippen LogP contribution in [0.2, 0.25) is 0 Å². The highest BCUT2D eigenvalue weighted by atomic mass is 16.2. The van der Waals surface area contributed by atoms with Crippen molar-refractivity contribution in [3.63, 3.8) is 0 Å². The first-order valence-electron chi connectivity index (χ1n) is 8.64. The summed E-state index contributed by atoms with van der Waals surface area (Å²) in [6.45, 7) is 25.2. The molecular weight excluding hydrogens is 272 g/mol. The molecule has 0 aromatic rings. The predicted octanol–water partition coefficient (Wildman–Crippen LogP) is 4.31. The smallest absolute Gasteiger partial charge is 0.242 e. The second kappa shape index (κ2) is 5.51. The summed E-state index contributed by atoms with van der Waals surface area (Å²) in [6.07, 6.45) is 1.06. The Balaban J connectivity index is 3.31. The molecule has 130 valence electrons. The first kappa shape index (κ1) is 19.5. The molecule has 0 aromatic heterocycles. The highest BCUT2D eigenvalue weighted by Gasteiger charge is 2.56. The van der Waals surface area contributed by atoms with Crippen molar-refractivity contribution in [3.05, 3.63) is 0 Å². The maximum atomic E-state index is 13.1. The van der Waals surface area contributed by atoms with E-state index in [2.05, 4.69) is 81.1 Å². The van der Waals surface area contributed by atoms with Crippen LogP contribution in [-0.2, 0) is 4.79 Å². The van der Waals surface area contributed by atoms with Gasteiger partial charge in [0.1, 0.15) is 0 Å². The van der Waals surface area contributed by atoms with Crippen molar-refractivity contribution < 1.29 is 4.79 Å². The van der Waals surface area contributed by atoms with Crippen LogP contribution >= 0.6 is 0 Å². The quantitative estimate of drug-likeness (QED) is 0.775. The van der Waals surface area contributed by atoms with Gasteiger partial charge in [0.25, 0.3) is 0 Å². The largest absolute Gasteiger partial charge is 0.337 e. The summed E-state index contributed by atoms with van der Waals surface area (Å²) in [4.78, 5) is 17.6. The van der Waals surface area contributed by atoms with Crippen LogP contribution in [0, 0.1) is 5.41 Å². The van der Waals surface area contributed by atoms with Gasteiger partial charge in [0.05, 0.1) is 5.54 Å². The molecule has 3 heteroatoms. The van der Waals surface area contributed by atoms with E-state index < -0.39 is 5.54 Å². The van der Waals surface area contributed by atoms with Gasteiger partial charge in [-0.2, -0.15) is 0 Å². The molecule has 22 heavy (non-hydrogen) atoms. The number of hydrogen-bond donors (Lipinski definition) is 0. The van der Waals surface area contributed by atoms with Gasteiger partial charge in [-0.25, -0.2) is 0 Å². The third-order valence-electron chi connectivity index (χ3n) is 4.70. The zero-order valence-corrected chi connectivity index (χ0v) is 16.8. The Labute approximate surface area is 138 Å². The van der Waals surface area contributed by atoms with Gasteiger partial charge in [0.2, 0.25) is 5.91 Å². The van der Waals surface area contributed by atoms with E-state index in [1.807, 2.05) is 4.90 Å². The molecule has 1 rings (SSSR count). The number of rotatable bonds is 3. The van der Waals surface area contributed by atoms with Gasteiger partial charge in [-0.1, -0.05) is 20.8 Å². The molecule has 0 aromatic carbocycles. The van der Waals surface area contributed by atoms with Gasteiger partial charge in [0.15, 0.2) is 0 Å². The fourth-order valence-corrected chi connectivity index (χ4v) is 5.13. The SMILES string of the molecule is CC(C)N1CC(C)(C)N(C(C)(C)CC(C)(C)C)C(C)(C)C1=O. The number of nitrogens with zero attached hydrogens (tertiary/aromatic N) is 2. The van der Waals surface area contributed by atoms with Crippen molar-refractivity contribution in [2.75, 3.05) is 6.54 Å². The molecule has 0 aliphatic carbocycles.